The minimum Gasteiger partial charge on any atom is -0.348 e. The van der Waals surface area contributed by atoms with Crippen molar-refractivity contribution in [2.45, 2.75) is 25.3 Å². The summed E-state index contributed by atoms with van der Waals surface area (Å²) < 4.78 is 26.8. The van der Waals surface area contributed by atoms with Crippen molar-refractivity contribution in [2.24, 2.45) is 5.92 Å². The maximum absolute atomic E-state index is 13.6. The van der Waals surface area contributed by atoms with Crippen molar-refractivity contribution in [3.63, 3.8) is 0 Å². The summed E-state index contributed by atoms with van der Waals surface area (Å²) in [6.45, 7) is 0. The number of halogens is 3. The van der Waals surface area contributed by atoms with E-state index in [9.17, 15) is 13.6 Å². The summed E-state index contributed by atoms with van der Waals surface area (Å²) >= 11 is 5.42. The first-order valence-corrected chi connectivity index (χ1v) is 6.25. The van der Waals surface area contributed by atoms with Crippen molar-refractivity contribution >= 4 is 17.5 Å². The van der Waals surface area contributed by atoms with Gasteiger partial charge in [-0.15, -0.1) is 0 Å². The first-order valence-electron chi connectivity index (χ1n) is 5.88. The Balaban J connectivity index is 2.17. The average Bonchev–Trinajstić information content (AvgIpc) is 2.80. The molecule has 0 aliphatic heterocycles. The lowest BCUT2D eigenvalue weighted by atomic mass is 10.1. The minimum absolute atomic E-state index is 0.274. The lowest BCUT2D eigenvalue weighted by Gasteiger charge is -2.16. The summed E-state index contributed by atoms with van der Waals surface area (Å²) in [6.07, 6.45) is 2.21. The molecule has 0 aromatic heterocycles. The highest BCUT2D eigenvalue weighted by Gasteiger charge is 2.29. The van der Waals surface area contributed by atoms with Gasteiger partial charge in [0, 0.05) is 6.04 Å². The molecule has 100 valence electrons. The van der Waals surface area contributed by atoms with Crippen LogP contribution in [-0.2, 0) is 0 Å². The fourth-order valence-corrected chi connectivity index (χ4v) is 2.38. The molecule has 2 atom stereocenters. The first kappa shape index (κ1) is 13.8. The number of nitrogens with zero attached hydrogens (tertiary/aromatic N) is 1. The molecular weight excluding hydrogens is 274 g/mol. The molecule has 1 aliphatic carbocycles. The molecule has 2 rings (SSSR count). The first-order chi connectivity index (χ1) is 9.02. The predicted molar refractivity (Wildman–Crippen MR) is 65.6 cm³/mol. The van der Waals surface area contributed by atoms with E-state index in [1.165, 1.54) is 0 Å². The SMILES string of the molecule is N#CC1CCCC1NC(=O)c1cc(F)c(Cl)cc1F. The molecule has 1 aromatic rings. The van der Waals surface area contributed by atoms with E-state index >= 15 is 0 Å². The van der Waals surface area contributed by atoms with Gasteiger partial charge in [-0.1, -0.05) is 11.6 Å². The number of carbonyl (C=O) groups excluding carboxylic acids is 1. The van der Waals surface area contributed by atoms with Crippen LogP contribution in [0.3, 0.4) is 0 Å². The van der Waals surface area contributed by atoms with Crippen LogP contribution in [0.1, 0.15) is 29.6 Å². The van der Waals surface area contributed by atoms with Gasteiger partial charge in [0.1, 0.15) is 11.6 Å². The molecule has 0 saturated heterocycles. The van der Waals surface area contributed by atoms with E-state index in [-0.39, 0.29) is 17.0 Å². The molecule has 0 bridgehead atoms. The second kappa shape index (κ2) is 5.54. The summed E-state index contributed by atoms with van der Waals surface area (Å²) in [5.41, 5.74) is -0.398. The second-order valence-corrected chi connectivity index (χ2v) is 4.90. The number of hydrogen-bond acceptors (Lipinski definition) is 2. The zero-order chi connectivity index (χ0) is 14.0. The van der Waals surface area contributed by atoms with Gasteiger partial charge in [0.05, 0.1) is 22.6 Å². The Morgan fingerprint density at radius 1 is 1.37 bits per heavy atom. The van der Waals surface area contributed by atoms with Crippen LogP contribution in [0.2, 0.25) is 5.02 Å². The standard InChI is InChI=1S/C13H11ClF2N2O/c14-9-5-10(15)8(4-11(9)16)13(19)18-12-3-1-2-7(12)6-17/h4-5,7,12H,1-3H2,(H,18,19). The number of hydrogen-bond donors (Lipinski definition) is 1. The second-order valence-electron chi connectivity index (χ2n) is 4.49. The Kier molecular flexibility index (Phi) is 4.01. The van der Waals surface area contributed by atoms with Crippen molar-refractivity contribution in [1.82, 2.24) is 5.32 Å². The third-order valence-corrected chi connectivity index (χ3v) is 3.54. The number of nitriles is 1. The van der Waals surface area contributed by atoms with Gasteiger partial charge >= 0.3 is 0 Å². The number of carbonyl (C=O) groups is 1. The largest absolute Gasteiger partial charge is 0.348 e. The molecule has 0 radical (unpaired) electrons. The molecule has 1 saturated carbocycles. The fraction of sp³-hybridized carbons (Fsp3) is 0.385. The zero-order valence-corrected chi connectivity index (χ0v) is 10.7. The average molecular weight is 285 g/mol. The minimum atomic E-state index is -0.879. The Labute approximate surface area is 114 Å². The number of nitrogens with one attached hydrogen (secondary N) is 1. The third-order valence-electron chi connectivity index (χ3n) is 3.25. The molecule has 0 spiro atoms. The lowest BCUT2D eigenvalue weighted by Crippen LogP contribution is -2.37. The van der Waals surface area contributed by atoms with Crippen LogP contribution in [0.4, 0.5) is 8.78 Å². The van der Waals surface area contributed by atoms with Crippen LogP contribution in [0.15, 0.2) is 12.1 Å². The highest BCUT2D eigenvalue weighted by molar-refractivity contribution is 6.30. The monoisotopic (exact) mass is 284 g/mol. The Morgan fingerprint density at radius 2 is 2.11 bits per heavy atom. The molecule has 1 aliphatic rings. The fourth-order valence-electron chi connectivity index (χ4n) is 2.23. The Morgan fingerprint density at radius 3 is 2.79 bits per heavy atom. The van der Waals surface area contributed by atoms with E-state index in [4.69, 9.17) is 16.9 Å². The van der Waals surface area contributed by atoms with Gasteiger partial charge in [0.2, 0.25) is 0 Å². The van der Waals surface area contributed by atoms with E-state index in [0.29, 0.717) is 12.8 Å². The van der Waals surface area contributed by atoms with Gasteiger partial charge in [0.25, 0.3) is 5.91 Å². The molecule has 1 aromatic carbocycles. The molecule has 0 heterocycles. The summed E-state index contributed by atoms with van der Waals surface area (Å²) in [5.74, 6) is -2.73. The molecule has 2 unspecified atom stereocenters. The number of benzene rings is 1. The van der Waals surface area contributed by atoms with E-state index in [0.717, 1.165) is 18.6 Å². The predicted octanol–water partition coefficient (Wildman–Crippen LogP) is 3.04. The molecular formula is C13H11ClF2N2O. The Bertz CT molecular complexity index is 556. The molecule has 19 heavy (non-hydrogen) atoms. The van der Waals surface area contributed by atoms with Crippen molar-refractivity contribution in [1.29, 1.82) is 5.26 Å². The summed E-state index contributed by atoms with van der Waals surface area (Å²) in [7, 11) is 0. The normalized spacial score (nSPS) is 22.0. The topological polar surface area (TPSA) is 52.9 Å². The van der Waals surface area contributed by atoms with Crippen LogP contribution in [0, 0.1) is 28.9 Å². The smallest absolute Gasteiger partial charge is 0.254 e. The maximum Gasteiger partial charge on any atom is 0.254 e. The van der Waals surface area contributed by atoms with Crippen LogP contribution in [0.25, 0.3) is 0 Å². The number of rotatable bonds is 2. The van der Waals surface area contributed by atoms with Gasteiger partial charge in [-0.25, -0.2) is 8.78 Å². The highest BCUT2D eigenvalue weighted by Crippen LogP contribution is 2.26. The van der Waals surface area contributed by atoms with E-state index < -0.39 is 23.1 Å². The Hall–Kier alpha value is -1.67. The molecule has 1 fully saturated rings. The molecule has 3 nitrogen and oxygen atoms in total. The van der Waals surface area contributed by atoms with E-state index in [1.54, 1.807) is 0 Å². The van der Waals surface area contributed by atoms with Crippen LogP contribution >= 0.6 is 11.6 Å². The zero-order valence-electron chi connectivity index (χ0n) is 9.92. The van der Waals surface area contributed by atoms with Gasteiger partial charge < -0.3 is 5.32 Å². The molecule has 1 amide bonds. The van der Waals surface area contributed by atoms with Crippen LogP contribution in [0.5, 0.6) is 0 Å². The summed E-state index contributed by atoms with van der Waals surface area (Å²) in [4.78, 5) is 11.9. The summed E-state index contributed by atoms with van der Waals surface area (Å²) in [5, 5.41) is 11.1. The highest BCUT2D eigenvalue weighted by atomic mass is 35.5. The van der Waals surface area contributed by atoms with Gasteiger partial charge in [-0.3, -0.25) is 4.79 Å². The third kappa shape index (κ3) is 2.85. The molecule has 1 N–H and O–H groups in total. The van der Waals surface area contributed by atoms with E-state index in [1.807, 2.05) is 0 Å². The quantitative estimate of drug-likeness (QED) is 0.849. The summed E-state index contributed by atoms with van der Waals surface area (Å²) in [6, 6.07) is 3.33. The number of amides is 1. The van der Waals surface area contributed by atoms with Crippen molar-refractivity contribution in [2.75, 3.05) is 0 Å². The van der Waals surface area contributed by atoms with Crippen molar-refractivity contribution in [3.8, 4) is 6.07 Å². The lowest BCUT2D eigenvalue weighted by molar-refractivity contribution is 0.0928. The van der Waals surface area contributed by atoms with Gasteiger partial charge in [-0.2, -0.15) is 5.26 Å². The van der Waals surface area contributed by atoms with E-state index in [2.05, 4.69) is 11.4 Å². The van der Waals surface area contributed by atoms with Crippen molar-refractivity contribution in [3.05, 3.63) is 34.4 Å². The van der Waals surface area contributed by atoms with Gasteiger partial charge in [-0.05, 0) is 31.4 Å². The maximum atomic E-state index is 13.6. The molecule has 6 heteroatoms. The van der Waals surface area contributed by atoms with Crippen molar-refractivity contribution < 1.29 is 13.6 Å². The van der Waals surface area contributed by atoms with Crippen LogP contribution < -0.4 is 5.32 Å². The van der Waals surface area contributed by atoms with Crippen LogP contribution in [-0.4, -0.2) is 11.9 Å². The van der Waals surface area contributed by atoms with Gasteiger partial charge in [0.15, 0.2) is 0 Å².